The molecule has 0 amide bonds. The van der Waals surface area contributed by atoms with Crippen LogP contribution in [0.4, 0.5) is 0 Å². The smallest absolute Gasteiger partial charge is 0.306 e. The minimum absolute atomic E-state index is 0.420. The van der Waals surface area contributed by atoms with Crippen molar-refractivity contribution in [2.45, 2.75) is 19.9 Å². The number of benzene rings is 1. The summed E-state index contributed by atoms with van der Waals surface area (Å²) in [7, 11) is 0. The summed E-state index contributed by atoms with van der Waals surface area (Å²) >= 11 is 3.45. The third-order valence-electron chi connectivity index (χ3n) is 2.84. The van der Waals surface area contributed by atoms with Crippen LogP contribution in [0.5, 0.6) is 0 Å². The van der Waals surface area contributed by atoms with Crippen LogP contribution in [0.15, 0.2) is 28.7 Å². The van der Waals surface area contributed by atoms with E-state index in [4.69, 9.17) is 5.11 Å². The maximum absolute atomic E-state index is 10.8. The van der Waals surface area contributed by atoms with Crippen molar-refractivity contribution in [1.29, 1.82) is 0 Å². The van der Waals surface area contributed by atoms with Gasteiger partial charge >= 0.3 is 5.97 Å². The zero-order valence-electron chi connectivity index (χ0n) is 10.3. The second-order valence-corrected chi connectivity index (χ2v) is 5.09. The normalized spacial score (nSPS) is 12.3. The summed E-state index contributed by atoms with van der Waals surface area (Å²) in [6.45, 7) is 2.14. The Bertz CT molecular complexity index is 585. The lowest BCUT2D eigenvalue weighted by Crippen LogP contribution is -2.14. The van der Waals surface area contributed by atoms with Gasteiger partial charge in [-0.25, -0.2) is 4.68 Å². The molecule has 1 aromatic carbocycles. The maximum atomic E-state index is 10.8. The Balaban J connectivity index is 2.19. The van der Waals surface area contributed by atoms with Crippen molar-refractivity contribution in [1.82, 2.24) is 20.2 Å². The van der Waals surface area contributed by atoms with Crippen LogP contribution in [0.25, 0.3) is 11.4 Å². The average Bonchev–Trinajstić information content (AvgIpc) is 2.84. The van der Waals surface area contributed by atoms with E-state index >= 15 is 0 Å². The van der Waals surface area contributed by atoms with Gasteiger partial charge in [-0.2, -0.15) is 0 Å². The molecule has 0 radical (unpaired) electrons. The van der Waals surface area contributed by atoms with Crippen LogP contribution in [0.3, 0.4) is 0 Å². The molecule has 19 heavy (non-hydrogen) atoms. The van der Waals surface area contributed by atoms with E-state index in [-0.39, 0.29) is 0 Å². The van der Waals surface area contributed by atoms with Crippen LogP contribution in [0.1, 0.15) is 13.3 Å². The summed E-state index contributed by atoms with van der Waals surface area (Å²) in [4.78, 5) is 10.8. The Labute approximate surface area is 118 Å². The van der Waals surface area contributed by atoms with Crippen LogP contribution >= 0.6 is 15.9 Å². The number of aliphatic carboxylic acids is 1. The van der Waals surface area contributed by atoms with Crippen LogP contribution < -0.4 is 0 Å². The van der Waals surface area contributed by atoms with Crippen LogP contribution in [-0.2, 0) is 11.3 Å². The number of tetrazole rings is 1. The number of aromatic nitrogens is 4. The maximum Gasteiger partial charge on any atom is 0.306 e. The zero-order chi connectivity index (χ0) is 13.8. The van der Waals surface area contributed by atoms with Crippen LogP contribution in [0.2, 0.25) is 0 Å². The summed E-state index contributed by atoms with van der Waals surface area (Å²) in [5.74, 6) is -0.600. The van der Waals surface area contributed by atoms with Crippen molar-refractivity contribution in [3.05, 3.63) is 28.7 Å². The number of aryl methyl sites for hydroxylation is 1. The van der Waals surface area contributed by atoms with E-state index in [9.17, 15) is 4.79 Å². The number of carboxylic acids is 1. The molecule has 6 nitrogen and oxygen atoms in total. The summed E-state index contributed by atoms with van der Waals surface area (Å²) in [5.41, 5.74) is 0.885. The lowest BCUT2D eigenvalue weighted by molar-refractivity contribution is -0.141. The molecule has 1 N–H and O–H groups in total. The number of carboxylic acid groups (broad SMARTS) is 1. The summed E-state index contributed by atoms with van der Waals surface area (Å²) in [5, 5.41) is 20.4. The van der Waals surface area contributed by atoms with E-state index in [0.29, 0.717) is 18.8 Å². The molecule has 0 spiro atoms. The molecule has 100 valence electrons. The molecule has 1 heterocycles. The number of nitrogens with zero attached hydrogens (tertiary/aromatic N) is 4. The lowest BCUT2D eigenvalue weighted by atomic mass is 10.1. The molecule has 0 aliphatic rings. The Morgan fingerprint density at radius 3 is 2.89 bits per heavy atom. The highest BCUT2D eigenvalue weighted by atomic mass is 79.9. The van der Waals surface area contributed by atoms with Crippen LogP contribution in [-0.4, -0.2) is 31.3 Å². The third-order valence-corrected chi connectivity index (χ3v) is 3.53. The predicted octanol–water partition coefficient (Wildman–Crippen LogP) is 2.21. The van der Waals surface area contributed by atoms with E-state index in [1.165, 1.54) is 0 Å². The highest BCUT2D eigenvalue weighted by Gasteiger charge is 2.15. The first-order valence-electron chi connectivity index (χ1n) is 5.83. The minimum atomic E-state index is -0.810. The highest BCUT2D eigenvalue weighted by molar-refractivity contribution is 9.10. The van der Waals surface area contributed by atoms with Crippen LogP contribution in [0, 0.1) is 5.92 Å². The molecule has 2 aromatic rings. The van der Waals surface area contributed by atoms with Gasteiger partial charge in [-0.1, -0.05) is 35.0 Å². The van der Waals surface area contributed by atoms with Gasteiger partial charge in [0.2, 0.25) is 0 Å². The van der Waals surface area contributed by atoms with Gasteiger partial charge < -0.3 is 5.11 Å². The first-order chi connectivity index (χ1) is 9.09. The van der Waals surface area contributed by atoms with Crippen molar-refractivity contribution in [3.8, 4) is 11.4 Å². The number of carbonyl (C=O) groups is 1. The van der Waals surface area contributed by atoms with E-state index in [1.54, 1.807) is 11.6 Å². The van der Waals surface area contributed by atoms with Gasteiger partial charge in [0, 0.05) is 16.6 Å². The largest absolute Gasteiger partial charge is 0.481 e. The second kappa shape index (κ2) is 5.92. The fraction of sp³-hybridized carbons (Fsp3) is 0.333. The van der Waals surface area contributed by atoms with Crippen molar-refractivity contribution in [3.63, 3.8) is 0 Å². The molecule has 1 unspecified atom stereocenters. The van der Waals surface area contributed by atoms with Gasteiger partial charge in [0.1, 0.15) is 0 Å². The second-order valence-electron chi connectivity index (χ2n) is 4.23. The first kappa shape index (κ1) is 13.7. The third kappa shape index (κ3) is 3.17. The number of halogens is 1. The molecule has 0 aliphatic heterocycles. The fourth-order valence-corrected chi connectivity index (χ4v) is 2.09. The van der Waals surface area contributed by atoms with Crippen molar-refractivity contribution in [2.24, 2.45) is 5.92 Å². The molecule has 0 bridgehead atoms. The Kier molecular flexibility index (Phi) is 4.26. The first-order valence-corrected chi connectivity index (χ1v) is 6.62. The summed E-state index contributed by atoms with van der Waals surface area (Å²) in [6.07, 6.45) is 0.484. The van der Waals surface area contributed by atoms with E-state index < -0.39 is 11.9 Å². The topological polar surface area (TPSA) is 80.9 Å². The molecule has 0 saturated heterocycles. The quantitative estimate of drug-likeness (QED) is 0.911. The van der Waals surface area contributed by atoms with Crippen molar-refractivity contribution < 1.29 is 9.90 Å². The van der Waals surface area contributed by atoms with Gasteiger partial charge in [0.05, 0.1) is 5.92 Å². The fourth-order valence-electron chi connectivity index (χ4n) is 1.63. The zero-order valence-corrected chi connectivity index (χ0v) is 11.9. The molecule has 1 aromatic heterocycles. The van der Waals surface area contributed by atoms with E-state index in [1.807, 2.05) is 24.3 Å². The average molecular weight is 325 g/mol. The molecule has 0 fully saturated rings. The summed E-state index contributed by atoms with van der Waals surface area (Å²) < 4.78 is 2.52. The number of hydrogen-bond donors (Lipinski definition) is 1. The van der Waals surface area contributed by atoms with Gasteiger partial charge in [-0.3, -0.25) is 4.79 Å². The molecule has 7 heteroatoms. The lowest BCUT2D eigenvalue weighted by Gasteiger charge is -2.08. The molecule has 0 aliphatic carbocycles. The van der Waals surface area contributed by atoms with Gasteiger partial charge in [-0.05, 0) is 29.0 Å². The van der Waals surface area contributed by atoms with Gasteiger partial charge in [0.15, 0.2) is 5.82 Å². The van der Waals surface area contributed by atoms with E-state index in [2.05, 4.69) is 31.5 Å². The summed E-state index contributed by atoms with van der Waals surface area (Å²) in [6, 6.07) is 7.63. The molecule has 1 atom stereocenters. The Morgan fingerprint density at radius 1 is 1.47 bits per heavy atom. The molecular weight excluding hydrogens is 312 g/mol. The van der Waals surface area contributed by atoms with E-state index in [0.717, 1.165) is 10.0 Å². The van der Waals surface area contributed by atoms with Gasteiger partial charge in [-0.15, -0.1) is 5.10 Å². The standard InChI is InChI=1S/C12H13BrN4O2/c1-8(12(18)19)6-7-17-11(14-15-16-17)9-4-2-3-5-10(9)13/h2-5,8H,6-7H2,1H3,(H,18,19). The number of hydrogen-bond acceptors (Lipinski definition) is 4. The minimum Gasteiger partial charge on any atom is -0.481 e. The van der Waals surface area contributed by atoms with Crippen molar-refractivity contribution in [2.75, 3.05) is 0 Å². The van der Waals surface area contributed by atoms with Gasteiger partial charge in [0.25, 0.3) is 0 Å². The number of rotatable bonds is 5. The molecular formula is C12H13BrN4O2. The predicted molar refractivity (Wildman–Crippen MR) is 72.4 cm³/mol. The SMILES string of the molecule is CC(CCn1nnnc1-c1ccccc1Br)C(=O)O. The van der Waals surface area contributed by atoms with Crippen molar-refractivity contribution >= 4 is 21.9 Å². The highest BCUT2D eigenvalue weighted by Crippen LogP contribution is 2.25. The molecule has 0 saturated carbocycles. The Hall–Kier alpha value is -1.76. The monoisotopic (exact) mass is 324 g/mol. The molecule has 2 rings (SSSR count). The Morgan fingerprint density at radius 2 is 2.21 bits per heavy atom.